The van der Waals surface area contributed by atoms with Gasteiger partial charge in [-0.3, -0.25) is 20.4 Å². The second-order valence-corrected chi connectivity index (χ2v) is 9.72. The number of ether oxygens (including phenoxy) is 2. The van der Waals surface area contributed by atoms with Gasteiger partial charge in [0.05, 0.1) is 32.1 Å². The zero-order valence-electron chi connectivity index (χ0n) is 24.1. The van der Waals surface area contributed by atoms with Crippen LogP contribution in [0, 0.1) is 0 Å². The number of nitrogens with one attached hydrogen (secondary N) is 1. The minimum atomic E-state index is 0.722. The normalized spacial score (nSPS) is 15.3. The summed E-state index contributed by atoms with van der Waals surface area (Å²) in [5.41, 5.74) is 7.86. The molecule has 4 aromatic carbocycles. The molecule has 0 amide bonds. The van der Waals surface area contributed by atoms with Crippen LogP contribution >= 0.6 is 0 Å². The molecular weight excluding hydrogens is 524 g/mol. The molecule has 0 unspecified atom stereocenters. The van der Waals surface area contributed by atoms with Crippen LogP contribution in [-0.4, -0.2) is 45.2 Å². The Labute approximate surface area is 247 Å². The molecule has 42 heavy (non-hydrogen) atoms. The number of rotatable bonds is 7. The summed E-state index contributed by atoms with van der Waals surface area (Å²) < 4.78 is 10.3. The van der Waals surface area contributed by atoms with E-state index in [1.807, 2.05) is 108 Å². The Balaban J connectivity index is 0.000000168. The molecule has 2 aliphatic heterocycles. The molecule has 2 heterocycles. The van der Waals surface area contributed by atoms with Gasteiger partial charge < -0.3 is 9.47 Å². The fourth-order valence-corrected chi connectivity index (χ4v) is 4.49. The van der Waals surface area contributed by atoms with Crippen LogP contribution in [0.1, 0.15) is 24.0 Å². The minimum absolute atomic E-state index is 0.722. The minimum Gasteiger partial charge on any atom is -0.497 e. The van der Waals surface area contributed by atoms with Crippen LogP contribution in [0.4, 0.5) is 11.4 Å². The van der Waals surface area contributed by atoms with E-state index < -0.39 is 0 Å². The Morgan fingerprint density at radius 2 is 1.36 bits per heavy atom. The monoisotopic (exact) mass is 560 g/mol. The number of anilines is 2. The number of amidine groups is 2. The second kappa shape index (κ2) is 14.5. The molecule has 8 heteroatoms. The number of hydrogen-bond acceptors (Lipinski definition) is 7. The van der Waals surface area contributed by atoms with Crippen LogP contribution in [0.3, 0.4) is 0 Å². The highest BCUT2D eigenvalue weighted by Gasteiger charge is 2.17. The number of hydrazine groups is 1. The molecule has 4 aromatic rings. The Morgan fingerprint density at radius 1 is 0.738 bits per heavy atom. The third-order valence-corrected chi connectivity index (χ3v) is 6.83. The van der Waals surface area contributed by atoms with Gasteiger partial charge in [-0.15, -0.1) is 0 Å². The van der Waals surface area contributed by atoms with E-state index in [9.17, 15) is 0 Å². The van der Waals surface area contributed by atoms with Gasteiger partial charge in [-0.1, -0.05) is 60.7 Å². The van der Waals surface area contributed by atoms with Gasteiger partial charge in [0.1, 0.15) is 17.3 Å². The first kappa shape index (κ1) is 28.4. The molecule has 0 bridgehead atoms. The molecule has 0 atom stereocenters. The Hall–Kier alpha value is -5.11. The third kappa shape index (κ3) is 7.97. The summed E-state index contributed by atoms with van der Waals surface area (Å²) in [6.07, 6.45) is 3.66. The Kier molecular flexibility index (Phi) is 9.81. The van der Waals surface area contributed by atoms with Crippen LogP contribution in [0.5, 0.6) is 11.5 Å². The van der Waals surface area contributed by atoms with E-state index in [-0.39, 0.29) is 0 Å². The zero-order chi connectivity index (χ0) is 29.0. The summed E-state index contributed by atoms with van der Waals surface area (Å²) in [6, 6.07) is 36.3. The van der Waals surface area contributed by atoms with Crippen molar-refractivity contribution in [3.05, 3.63) is 120 Å². The summed E-state index contributed by atoms with van der Waals surface area (Å²) >= 11 is 0. The first-order chi connectivity index (χ1) is 20.7. The molecule has 0 spiro atoms. The molecule has 1 N–H and O–H groups in total. The van der Waals surface area contributed by atoms with Crippen LogP contribution in [0.25, 0.3) is 0 Å². The van der Waals surface area contributed by atoms with Crippen LogP contribution in [-0.2, 0) is 6.54 Å². The predicted molar refractivity (Wildman–Crippen MR) is 172 cm³/mol. The number of methoxy groups -OCH3 is 2. The summed E-state index contributed by atoms with van der Waals surface area (Å²) in [6.45, 7) is 2.51. The Morgan fingerprint density at radius 3 is 2.00 bits per heavy atom. The molecular formula is C34H36N6O2. The highest BCUT2D eigenvalue weighted by Crippen LogP contribution is 2.23. The van der Waals surface area contributed by atoms with Gasteiger partial charge in [-0.2, -0.15) is 5.10 Å². The van der Waals surface area contributed by atoms with Crippen molar-refractivity contribution >= 4 is 29.3 Å². The summed E-state index contributed by atoms with van der Waals surface area (Å²) in [7, 11) is 3.34. The van der Waals surface area contributed by atoms with Gasteiger partial charge in [0.25, 0.3) is 0 Å². The third-order valence-electron chi connectivity index (χ3n) is 6.83. The summed E-state index contributed by atoms with van der Waals surface area (Å²) in [5.74, 6) is 3.62. The van der Waals surface area contributed by atoms with Crippen molar-refractivity contribution in [2.24, 2.45) is 15.1 Å². The topological polar surface area (TPSA) is 74.1 Å². The van der Waals surface area contributed by atoms with Crippen molar-refractivity contribution in [1.82, 2.24) is 5.43 Å². The molecule has 6 rings (SSSR count). The van der Waals surface area contributed by atoms with E-state index in [4.69, 9.17) is 9.47 Å². The highest BCUT2D eigenvalue weighted by atomic mass is 16.5. The zero-order valence-corrected chi connectivity index (χ0v) is 24.1. The lowest BCUT2D eigenvalue weighted by molar-refractivity contribution is 0.414. The van der Waals surface area contributed by atoms with Gasteiger partial charge in [-0.05, 0) is 59.7 Å². The molecule has 1 saturated heterocycles. The van der Waals surface area contributed by atoms with Crippen LogP contribution in [0.15, 0.2) is 124 Å². The SMILES string of the molecule is COc1ccc(N2CCC(=NCc3ccccc3)N2)cc1.COc1ccc(N2CCC(N=Cc3ccccc3)=N2)cc1. The van der Waals surface area contributed by atoms with Crippen molar-refractivity contribution < 1.29 is 9.47 Å². The average molecular weight is 561 g/mol. The lowest BCUT2D eigenvalue weighted by Gasteiger charge is -2.18. The van der Waals surface area contributed by atoms with Crippen molar-refractivity contribution in [2.75, 3.05) is 37.3 Å². The first-order valence-electron chi connectivity index (χ1n) is 14.0. The maximum atomic E-state index is 5.18. The lowest BCUT2D eigenvalue weighted by atomic mass is 10.2. The quantitative estimate of drug-likeness (QED) is 0.267. The molecule has 8 nitrogen and oxygen atoms in total. The molecule has 0 saturated carbocycles. The second-order valence-electron chi connectivity index (χ2n) is 9.72. The predicted octanol–water partition coefficient (Wildman–Crippen LogP) is 6.35. The highest BCUT2D eigenvalue weighted by molar-refractivity contribution is 5.96. The summed E-state index contributed by atoms with van der Waals surface area (Å²) in [5, 5.41) is 8.62. The fraction of sp³-hybridized carbons (Fsp3) is 0.206. The number of benzene rings is 4. The number of hydrogen-bond donors (Lipinski definition) is 1. The molecule has 0 aromatic heterocycles. The van der Waals surface area contributed by atoms with Crippen molar-refractivity contribution in [1.29, 1.82) is 0 Å². The number of hydrazone groups is 1. The smallest absolute Gasteiger partial charge is 0.150 e. The van der Waals surface area contributed by atoms with Gasteiger partial charge in [0.2, 0.25) is 0 Å². The molecule has 2 aliphatic rings. The van der Waals surface area contributed by atoms with Gasteiger partial charge >= 0.3 is 0 Å². The van der Waals surface area contributed by atoms with Crippen molar-refractivity contribution in [3.63, 3.8) is 0 Å². The van der Waals surface area contributed by atoms with E-state index in [1.165, 1.54) is 5.56 Å². The molecule has 0 aliphatic carbocycles. The van der Waals surface area contributed by atoms with Gasteiger partial charge in [0.15, 0.2) is 5.84 Å². The molecule has 1 fully saturated rings. The molecule has 214 valence electrons. The number of aliphatic imine (C=N–C) groups is 2. The number of nitrogens with zero attached hydrogens (tertiary/aromatic N) is 5. The largest absolute Gasteiger partial charge is 0.497 e. The first-order valence-corrected chi connectivity index (χ1v) is 14.0. The maximum absolute atomic E-state index is 5.18. The van der Waals surface area contributed by atoms with Crippen LogP contribution in [0.2, 0.25) is 0 Å². The van der Waals surface area contributed by atoms with E-state index in [2.05, 4.69) is 37.7 Å². The van der Waals surface area contributed by atoms with E-state index in [0.29, 0.717) is 0 Å². The van der Waals surface area contributed by atoms with E-state index in [0.717, 1.165) is 72.6 Å². The maximum Gasteiger partial charge on any atom is 0.150 e. The Bertz CT molecular complexity index is 1490. The van der Waals surface area contributed by atoms with Gasteiger partial charge in [0, 0.05) is 32.1 Å². The standard InChI is InChI=1S/C17H19N3O.C17H17N3O/c2*1-21-16-9-7-15(8-10-16)20-12-11-17(19-20)18-13-14-5-3-2-4-6-14/h2-10H,11-13H2,1H3,(H,18,19);2-10,13H,11-12H2,1H3. The van der Waals surface area contributed by atoms with Crippen molar-refractivity contribution in [2.45, 2.75) is 19.4 Å². The van der Waals surface area contributed by atoms with Crippen LogP contribution < -0.4 is 24.9 Å². The lowest BCUT2D eigenvalue weighted by Crippen LogP contribution is -2.33. The fourth-order valence-electron chi connectivity index (χ4n) is 4.49. The van der Waals surface area contributed by atoms with Crippen molar-refractivity contribution in [3.8, 4) is 11.5 Å². The summed E-state index contributed by atoms with van der Waals surface area (Å²) in [4.78, 5) is 9.10. The van der Waals surface area contributed by atoms with Gasteiger partial charge in [-0.25, -0.2) is 4.99 Å². The average Bonchev–Trinajstić information content (AvgIpc) is 3.75. The molecule has 0 radical (unpaired) electrons. The van der Waals surface area contributed by atoms with E-state index in [1.54, 1.807) is 14.2 Å². The van der Waals surface area contributed by atoms with E-state index >= 15 is 0 Å².